The van der Waals surface area contributed by atoms with Crippen molar-refractivity contribution in [1.29, 1.82) is 0 Å². The Kier molecular flexibility index (Phi) is 2.90. The zero-order chi connectivity index (χ0) is 14.2. The molecule has 0 saturated heterocycles. The lowest BCUT2D eigenvalue weighted by Gasteiger charge is -2.14. The largest absolute Gasteiger partial charge is 0.491 e. The van der Waals surface area contributed by atoms with Crippen LogP contribution in [0.5, 0.6) is 5.75 Å². The molecule has 0 saturated carbocycles. The topological polar surface area (TPSA) is 18.5 Å². The quantitative estimate of drug-likeness (QED) is 0.400. The van der Waals surface area contributed by atoms with Gasteiger partial charge in [0.1, 0.15) is 12.4 Å². The molecule has 0 fully saturated rings. The Labute approximate surface area is 123 Å². The van der Waals surface area contributed by atoms with E-state index in [0.29, 0.717) is 13.2 Å². The maximum absolute atomic E-state index is 5.88. The predicted octanol–water partition coefficient (Wildman–Crippen LogP) is 4.61. The highest BCUT2D eigenvalue weighted by Crippen LogP contribution is 2.38. The van der Waals surface area contributed by atoms with Crippen molar-refractivity contribution in [2.24, 2.45) is 0 Å². The van der Waals surface area contributed by atoms with Crippen LogP contribution in [-0.4, -0.2) is 20.3 Å². The minimum atomic E-state index is 0.570. The van der Waals surface area contributed by atoms with Gasteiger partial charge in [0.15, 0.2) is 0 Å². The van der Waals surface area contributed by atoms with Crippen LogP contribution in [0.3, 0.4) is 0 Å². The third-order valence-electron chi connectivity index (χ3n) is 4.03. The van der Waals surface area contributed by atoms with Gasteiger partial charge in [-0.2, -0.15) is 0 Å². The van der Waals surface area contributed by atoms with Crippen LogP contribution in [0.2, 0.25) is 0 Å². The van der Waals surface area contributed by atoms with Gasteiger partial charge < -0.3 is 9.47 Å². The van der Waals surface area contributed by atoms with Crippen LogP contribution in [-0.2, 0) is 4.74 Å². The third kappa shape index (κ3) is 1.91. The molecule has 0 N–H and O–H groups in total. The van der Waals surface area contributed by atoms with Crippen molar-refractivity contribution in [3.8, 4) is 5.75 Å². The highest BCUT2D eigenvalue weighted by molar-refractivity contribution is 6.24. The van der Waals surface area contributed by atoms with Gasteiger partial charge in [0.2, 0.25) is 0 Å². The van der Waals surface area contributed by atoms with Gasteiger partial charge >= 0.3 is 0 Å². The Morgan fingerprint density at radius 2 is 1.38 bits per heavy atom. The molecule has 0 atom stereocenters. The van der Waals surface area contributed by atoms with E-state index >= 15 is 0 Å². The Morgan fingerprint density at radius 1 is 0.714 bits per heavy atom. The zero-order valence-electron chi connectivity index (χ0n) is 11.9. The molecule has 0 bridgehead atoms. The standard InChI is InChI=1S/C19H16O2/c1-20-11-12-21-17-10-8-15-6-5-13-3-2-4-14-7-9-16(17)19(15)18(13)14/h2-10H,11-12H2,1H3. The Morgan fingerprint density at radius 3 is 2.14 bits per heavy atom. The minimum absolute atomic E-state index is 0.570. The number of hydrogen-bond donors (Lipinski definition) is 0. The molecule has 0 unspecified atom stereocenters. The number of hydrogen-bond acceptors (Lipinski definition) is 2. The molecule has 0 amide bonds. The smallest absolute Gasteiger partial charge is 0.127 e. The first kappa shape index (κ1) is 12.4. The van der Waals surface area contributed by atoms with Crippen LogP contribution in [0.25, 0.3) is 32.3 Å². The first-order chi connectivity index (χ1) is 10.4. The molecule has 0 aliphatic carbocycles. The Hall–Kier alpha value is -2.32. The molecule has 0 spiro atoms. The molecule has 0 aromatic heterocycles. The second-order valence-electron chi connectivity index (χ2n) is 5.26. The highest BCUT2D eigenvalue weighted by atomic mass is 16.5. The van der Waals surface area contributed by atoms with Crippen molar-refractivity contribution in [2.45, 2.75) is 0 Å². The van der Waals surface area contributed by atoms with E-state index in [4.69, 9.17) is 9.47 Å². The fourth-order valence-electron chi connectivity index (χ4n) is 3.07. The SMILES string of the molecule is COCCOc1ccc2ccc3cccc4ccc1c2c34. The van der Waals surface area contributed by atoms with Gasteiger partial charge in [-0.15, -0.1) is 0 Å². The summed E-state index contributed by atoms with van der Waals surface area (Å²) in [4.78, 5) is 0. The van der Waals surface area contributed by atoms with Gasteiger partial charge in [0, 0.05) is 17.9 Å². The molecule has 104 valence electrons. The molecule has 2 heteroatoms. The van der Waals surface area contributed by atoms with Crippen molar-refractivity contribution in [3.05, 3.63) is 54.6 Å². The summed E-state index contributed by atoms with van der Waals surface area (Å²) >= 11 is 0. The number of ether oxygens (including phenoxy) is 2. The van der Waals surface area contributed by atoms with Crippen molar-refractivity contribution in [2.75, 3.05) is 20.3 Å². The van der Waals surface area contributed by atoms with Gasteiger partial charge in [-0.05, 0) is 33.7 Å². The normalized spacial score (nSPS) is 11.7. The molecule has 4 aromatic carbocycles. The zero-order valence-corrected chi connectivity index (χ0v) is 11.9. The fraction of sp³-hybridized carbons (Fsp3) is 0.158. The first-order valence-electron chi connectivity index (χ1n) is 7.17. The first-order valence-corrected chi connectivity index (χ1v) is 7.17. The molecule has 0 aliphatic rings. The van der Waals surface area contributed by atoms with Gasteiger partial charge in [0.05, 0.1) is 6.61 Å². The second kappa shape index (κ2) is 4.90. The molecule has 0 heterocycles. The van der Waals surface area contributed by atoms with E-state index in [1.807, 2.05) is 0 Å². The van der Waals surface area contributed by atoms with E-state index in [0.717, 1.165) is 5.75 Å². The average molecular weight is 276 g/mol. The monoisotopic (exact) mass is 276 g/mol. The lowest BCUT2D eigenvalue weighted by molar-refractivity contribution is 0.147. The van der Waals surface area contributed by atoms with Gasteiger partial charge in [-0.1, -0.05) is 42.5 Å². The summed E-state index contributed by atoms with van der Waals surface area (Å²) in [5.41, 5.74) is 0. The summed E-state index contributed by atoms with van der Waals surface area (Å²) < 4.78 is 10.9. The molecular weight excluding hydrogens is 260 g/mol. The van der Waals surface area contributed by atoms with Crippen LogP contribution >= 0.6 is 0 Å². The summed E-state index contributed by atoms with van der Waals surface area (Å²) in [7, 11) is 1.69. The summed E-state index contributed by atoms with van der Waals surface area (Å²) in [6.45, 7) is 1.17. The van der Waals surface area contributed by atoms with E-state index in [9.17, 15) is 0 Å². The van der Waals surface area contributed by atoms with E-state index in [-0.39, 0.29) is 0 Å². The predicted molar refractivity (Wildman–Crippen MR) is 87.5 cm³/mol. The average Bonchev–Trinajstić information content (AvgIpc) is 2.54. The fourth-order valence-corrected chi connectivity index (χ4v) is 3.07. The van der Waals surface area contributed by atoms with Gasteiger partial charge in [-0.3, -0.25) is 0 Å². The molecule has 4 aromatic rings. The van der Waals surface area contributed by atoms with E-state index in [1.54, 1.807) is 7.11 Å². The van der Waals surface area contributed by atoms with Crippen LogP contribution < -0.4 is 4.74 Å². The number of benzene rings is 4. The van der Waals surface area contributed by atoms with Crippen molar-refractivity contribution in [3.63, 3.8) is 0 Å². The maximum atomic E-state index is 5.88. The lowest BCUT2D eigenvalue weighted by atomic mass is 9.94. The molecule has 0 aliphatic heterocycles. The molecule has 21 heavy (non-hydrogen) atoms. The highest BCUT2D eigenvalue weighted by Gasteiger charge is 2.11. The second-order valence-corrected chi connectivity index (χ2v) is 5.26. The molecule has 4 rings (SSSR count). The Balaban J connectivity index is 2.01. The van der Waals surface area contributed by atoms with Crippen molar-refractivity contribution < 1.29 is 9.47 Å². The van der Waals surface area contributed by atoms with E-state index in [1.165, 1.54) is 32.3 Å². The van der Waals surface area contributed by atoms with Crippen molar-refractivity contribution in [1.82, 2.24) is 0 Å². The minimum Gasteiger partial charge on any atom is -0.491 e. The van der Waals surface area contributed by atoms with Crippen LogP contribution in [0, 0.1) is 0 Å². The van der Waals surface area contributed by atoms with Crippen molar-refractivity contribution >= 4 is 32.3 Å². The van der Waals surface area contributed by atoms with Crippen LogP contribution in [0.1, 0.15) is 0 Å². The number of methoxy groups -OCH3 is 1. The Bertz CT molecular complexity index is 895. The molecular formula is C19H16O2. The summed E-state index contributed by atoms with van der Waals surface area (Å²) in [5.74, 6) is 0.929. The molecule has 2 nitrogen and oxygen atoms in total. The van der Waals surface area contributed by atoms with Crippen LogP contribution in [0.4, 0.5) is 0 Å². The molecule has 0 radical (unpaired) electrons. The number of rotatable bonds is 4. The van der Waals surface area contributed by atoms with Crippen LogP contribution in [0.15, 0.2) is 54.6 Å². The van der Waals surface area contributed by atoms with Gasteiger partial charge in [-0.25, -0.2) is 0 Å². The van der Waals surface area contributed by atoms with E-state index < -0.39 is 0 Å². The summed E-state index contributed by atoms with van der Waals surface area (Å²) in [5, 5.41) is 7.60. The van der Waals surface area contributed by atoms with E-state index in [2.05, 4.69) is 54.6 Å². The summed E-state index contributed by atoms with van der Waals surface area (Å²) in [6, 6.07) is 19.3. The maximum Gasteiger partial charge on any atom is 0.127 e. The van der Waals surface area contributed by atoms with Gasteiger partial charge in [0.25, 0.3) is 0 Å². The third-order valence-corrected chi connectivity index (χ3v) is 4.03. The lowest BCUT2D eigenvalue weighted by Crippen LogP contribution is -2.04. The summed E-state index contributed by atoms with van der Waals surface area (Å²) in [6.07, 6.45) is 0.